The highest BCUT2D eigenvalue weighted by atomic mass is 32.1. The van der Waals surface area contributed by atoms with Crippen molar-refractivity contribution in [2.75, 3.05) is 5.32 Å². The lowest BCUT2D eigenvalue weighted by atomic mass is 10.1. The number of aryl methyl sites for hydroxylation is 3. The second-order valence-corrected chi connectivity index (χ2v) is 7.68. The molecule has 4 nitrogen and oxygen atoms in total. The minimum atomic E-state index is -0.295. The highest BCUT2D eigenvalue weighted by molar-refractivity contribution is 7.15. The van der Waals surface area contributed by atoms with Crippen LogP contribution in [0.15, 0.2) is 18.2 Å². The van der Waals surface area contributed by atoms with Gasteiger partial charge < -0.3 is 10.3 Å². The molecular weight excluding hydrogens is 337 g/mol. The number of benzene rings is 1. The lowest BCUT2D eigenvalue weighted by Crippen LogP contribution is -2.14. The molecular formula is C19H20FN3OS. The third-order valence-corrected chi connectivity index (χ3v) is 5.83. The van der Waals surface area contributed by atoms with Gasteiger partial charge in [-0.1, -0.05) is 6.42 Å². The van der Waals surface area contributed by atoms with Gasteiger partial charge in [0.1, 0.15) is 5.82 Å². The number of anilines is 1. The molecule has 1 aliphatic carbocycles. The number of hydrogen-bond acceptors (Lipinski definition) is 3. The SMILES string of the molecule is Cc1[nH]c2ccc(F)cc2c1CC(=O)Nc1nc2c(s1)CCCCC2. The molecule has 0 saturated carbocycles. The molecule has 130 valence electrons. The Morgan fingerprint density at radius 2 is 2.16 bits per heavy atom. The van der Waals surface area contributed by atoms with E-state index in [2.05, 4.69) is 15.3 Å². The number of fused-ring (bicyclic) bond motifs is 2. The van der Waals surface area contributed by atoms with Crippen LogP contribution in [0.4, 0.5) is 9.52 Å². The maximum atomic E-state index is 13.6. The summed E-state index contributed by atoms with van der Waals surface area (Å²) < 4.78 is 13.6. The number of nitrogens with one attached hydrogen (secondary N) is 2. The first-order chi connectivity index (χ1) is 12.1. The topological polar surface area (TPSA) is 57.8 Å². The van der Waals surface area contributed by atoms with E-state index in [1.165, 1.54) is 36.3 Å². The summed E-state index contributed by atoms with van der Waals surface area (Å²) in [5.74, 6) is -0.408. The molecule has 0 unspecified atom stereocenters. The maximum absolute atomic E-state index is 13.6. The number of carbonyl (C=O) groups excluding carboxylic acids is 1. The number of thiazole rings is 1. The van der Waals surface area contributed by atoms with E-state index < -0.39 is 0 Å². The molecule has 3 aromatic rings. The van der Waals surface area contributed by atoms with Crippen LogP contribution < -0.4 is 5.32 Å². The zero-order chi connectivity index (χ0) is 17.4. The summed E-state index contributed by atoms with van der Waals surface area (Å²) in [6, 6.07) is 4.61. The van der Waals surface area contributed by atoms with Gasteiger partial charge in [-0.3, -0.25) is 4.79 Å². The van der Waals surface area contributed by atoms with Crippen LogP contribution in [0, 0.1) is 12.7 Å². The van der Waals surface area contributed by atoms with Crippen molar-refractivity contribution < 1.29 is 9.18 Å². The number of halogens is 1. The highest BCUT2D eigenvalue weighted by Crippen LogP contribution is 2.29. The van der Waals surface area contributed by atoms with Crippen molar-refractivity contribution in [1.29, 1.82) is 0 Å². The van der Waals surface area contributed by atoms with Gasteiger partial charge in [0.15, 0.2) is 5.13 Å². The van der Waals surface area contributed by atoms with Crippen LogP contribution in [0.2, 0.25) is 0 Å². The van der Waals surface area contributed by atoms with Crippen LogP contribution in [-0.4, -0.2) is 15.9 Å². The van der Waals surface area contributed by atoms with Gasteiger partial charge in [-0.15, -0.1) is 11.3 Å². The summed E-state index contributed by atoms with van der Waals surface area (Å²) in [5.41, 5.74) is 3.72. The van der Waals surface area contributed by atoms with E-state index in [4.69, 9.17) is 0 Å². The van der Waals surface area contributed by atoms with Crippen LogP contribution in [0.25, 0.3) is 10.9 Å². The second-order valence-electron chi connectivity index (χ2n) is 6.59. The van der Waals surface area contributed by atoms with Crippen molar-refractivity contribution >= 4 is 33.3 Å². The molecule has 0 aliphatic heterocycles. The fourth-order valence-corrected chi connectivity index (χ4v) is 4.55. The quantitative estimate of drug-likeness (QED) is 0.677. The van der Waals surface area contributed by atoms with Crippen molar-refractivity contribution in [3.8, 4) is 0 Å². The summed E-state index contributed by atoms with van der Waals surface area (Å²) in [7, 11) is 0. The summed E-state index contributed by atoms with van der Waals surface area (Å²) in [5, 5.41) is 4.37. The smallest absolute Gasteiger partial charge is 0.230 e. The van der Waals surface area contributed by atoms with Crippen molar-refractivity contribution in [2.45, 2.75) is 45.4 Å². The lowest BCUT2D eigenvalue weighted by Gasteiger charge is -2.03. The zero-order valence-corrected chi connectivity index (χ0v) is 14.9. The van der Waals surface area contributed by atoms with Crippen molar-refractivity contribution in [3.05, 3.63) is 45.8 Å². The minimum Gasteiger partial charge on any atom is -0.358 e. The van der Waals surface area contributed by atoms with Gasteiger partial charge in [-0.05, 0) is 56.4 Å². The van der Waals surface area contributed by atoms with Gasteiger partial charge in [0.2, 0.25) is 5.91 Å². The molecule has 0 atom stereocenters. The van der Waals surface area contributed by atoms with Crippen LogP contribution in [0.5, 0.6) is 0 Å². The molecule has 0 fully saturated rings. The van der Waals surface area contributed by atoms with Gasteiger partial charge >= 0.3 is 0 Å². The van der Waals surface area contributed by atoms with Crippen molar-refractivity contribution in [3.63, 3.8) is 0 Å². The number of hydrogen-bond donors (Lipinski definition) is 2. The van der Waals surface area contributed by atoms with Gasteiger partial charge in [0, 0.05) is 21.5 Å². The maximum Gasteiger partial charge on any atom is 0.230 e. The first kappa shape index (κ1) is 16.3. The molecule has 4 rings (SSSR count). The Hall–Kier alpha value is -2.21. The molecule has 2 aromatic heterocycles. The summed E-state index contributed by atoms with van der Waals surface area (Å²) in [6.45, 7) is 1.91. The van der Waals surface area contributed by atoms with E-state index >= 15 is 0 Å². The van der Waals surface area contributed by atoms with E-state index in [0.717, 1.165) is 40.7 Å². The molecule has 6 heteroatoms. The standard InChI is InChI=1S/C19H20FN3OS/c1-11-13(14-9-12(20)7-8-15(14)21-11)10-18(24)23-19-22-16-5-3-2-4-6-17(16)25-19/h7-9,21H,2-6,10H2,1H3,(H,22,23,24). The largest absolute Gasteiger partial charge is 0.358 e. The number of nitrogens with zero attached hydrogens (tertiary/aromatic N) is 1. The van der Waals surface area contributed by atoms with Crippen LogP contribution in [0.3, 0.4) is 0 Å². The number of H-pyrrole nitrogens is 1. The Kier molecular flexibility index (Phi) is 4.29. The van der Waals surface area contributed by atoms with Gasteiger partial charge in [-0.2, -0.15) is 0 Å². The van der Waals surface area contributed by atoms with Crippen molar-refractivity contribution in [1.82, 2.24) is 9.97 Å². The summed E-state index contributed by atoms with van der Waals surface area (Å²) in [6.07, 6.45) is 5.89. The number of aromatic amines is 1. The Labute approximate surface area is 149 Å². The van der Waals surface area contributed by atoms with E-state index in [9.17, 15) is 9.18 Å². The molecule has 1 aromatic carbocycles. The Morgan fingerprint density at radius 1 is 1.32 bits per heavy atom. The Balaban J connectivity index is 1.53. The fraction of sp³-hybridized carbons (Fsp3) is 0.368. The predicted octanol–water partition coefficient (Wildman–Crippen LogP) is 4.52. The predicted molar refractivity (Wildman–Crippen MR) is 98.7 cm³/mol. The van der Waals surface area contributed by atoms with E-state index in [-0.39, 0.29) is 18.1 Å². The minimum absolute atomic E-state index is 0.114. The number of amides is 1. The lowest BCUT2D eigenvalue weighted by molar-refractivity contribution is -0.115. The molecule has 1 aliphatic rings. The average molecular weight is 357 g/mol. The molecule has 0 spiro atoms. The molecule has 2 heterocycles. The van der Waals surface area contributed by atoms with Gasteiger partial charge in [-0.25, -0.2) is 9.37 Å². The highest BCUT2D eigenvalue weighted by Gasteiger charge is 2.17. The third kappa shape index (κ3) is 3.31. The first-order valence-corrected chi connectivity index (χ1v) is 9.47. The van der Waals surface area contributed by atoms with Crippen molar-refractivity contribution in [2.24, 2.45) is 0 Å². The van der Waals surface area contributed by atoms with Crippen LogP contribution >= 0.6 is 11.3 Å². The normalized spacial score (nSPS) is 14.3. The molecule has 2 N–H and O–H groups in total. The Morgan fingerprint density at radius 3 is 3.04 bits per heavy atom. The molecule has 1 amide bonds. The number of aromatic nitrogens is 2. The molecule has 0 bridgehead atoms. The van der Waals surface area contributed by atoms with E-state index in [1.54, 1.807) is 17.4 Å². The first-order valence-electron chi connectivity index (χ1n) is 8.65. The Bertz CT molecular complexity index is 920. The van der Waals surface area contributed by atoms with Crippen LogP contribution in [-0.2, 0) is 24.1 Å². The van der Waals surface area contributed by atoms with E-state index in [1.807, 2.05) is 6.92 Å². The number of rotatable bonds is 3. The van der Waals surface area contributed by atoms with Gasteiger partial charge in [0.05, 0.1) is 12.1 Å². The summed E-state index contributed by atoms with van der Waals surface area (Å²) >= 11 is 1.59. The second kappa shape index (κ2) is 6.59. The average Bonchev–Trinajstić information content (AvgIpc) is 3.00. The monoisotopic (exact) mass is 357 g/mol. The third-order valence-electron chi connectivity index (χ3n) is 4.76. The summed E-state index contributed by atoms with van der Waals surface area (Å²) in [4.78, 5) is 21.6. The fourth-order valence-electron chi connectivity index (χ4n) is 3.49. The van der Waals surface area contributed by atoms with E-state index in [0.29, 0.717) is 5.13 Å². The molecule has 25 heavy (non-hydrogen) atoms. The molecule has 0 saturated heterocycles. The van der Waals surface area contributed by atoms with Crippen LogP contribution in [0.1, 0.15) is 41.1 Å². The van der Waals surface area contributed by atoms with Gasteiger partial charge in [0.25, 0.3) is 0 Å². The zero-order valence-electron chi connectivity index (χ0n) is 14.1. The molecule has 0 radical (unpaired) electrons. The number of carbonyl (C=O) groups is 1.